The van der Waals surface area contributed by atoms with Crippen LogP contribution in [-0.4, -0.2) is 18.1 Å². The molecule has 0 unspecified atom stereocenters. The average molecular weight is 543 g/mol. The van der Waals surface area contributed by atoms with Crippen molar-refractivity contribution in [1.82, 2.24) is 5.43 Å². The zero-order valence-corrected chi connectivity index (χ0v) is 24.4. The highest BCUT2D eigenvalue weighted by Crippen LogP contribution is 2.27. The van der Waals surface area contributed by atoms with Gasteiger partial charge in [0.25, 0.3) is 0 Å². The van der Waals surface area contributed by atoms with Crippen molar-refractivity contribution in [2.24, 2.45) is 5.10 Å². The van der Waals surface area contributed by atoms with Gasteiger partial charge in [0.2, 0.25) is 5.91 Å². The molecule has 3 aromatic rings. The first-order chi connectivity index (χ1) is 19.6. The molecular weight excluding hydrogens is 496 g/mol. The molecule has 214 valence electrons. The van der Waals surface area contributed by atoms with Crippen molar-refractivity contribution >= 4 is 28.9 Å². The molecule has 0 aliphatic carbocycles. The topological polar surface area (TPSA) is 67.8 Å². The summed E-state index contributed by atoms with van der Waals surface area (Å²) in [5.74, 6) is -0.127. The number of fused-ring (bicyclic) bond motifs is 1. The average Bonchev–Trinajstić information content (AvgIpc) is 2.96. The van der Waals surface area contributed by atoms with E-state index in [1.165, 1.54) is 70.6 Å². The third kappa shape index (κ3) is 11.0. The number of carbonyl (C=O) groups is 2. The predicted octanol–water partition coefficient (Wildman–Crippen LogP) is 9.30. The first-order valence-electron chi connectivity index (χ1n) is 15.2. The van der Waals surface area contributed by atoms with E-state index in [1.54, 1.807) is 24.4 Å². The fourth-order valence-corrected chi connectivity index (χ4v) is 4.96. The summed E-state index contributed by atoms with van der Waals surface area (Å²) >= 11 is 0. The zero-order valence-electron chi connectivity index (χ0n) is 24.4. The second-order valence-corrected chi connectivity index (χ2v) is 10.7. The minimum Gasteiger partial charge on any atom is -0.422 e. The minimum absolute atomic E-state index is 0.0992. The molecule has 0 aromatic heterocycles. The van der Waals surface area contributed by atoms with Crippen molar-refractivity contribution < 1.29 is 14.3 Å². The molecular formula is C35H46N2O3. The highest BCUT2D eigenvalue weighted by molar-refractivity contribution is 6.04. The molecule has 3 aromatic carbocycles. The lowest BCUT2D eigenvalue weighted by Crippen LogP contribution is -2.17. The van der Waals surface area contributed by atoms with Crippen molar-refractivity contribution in [1.29, 1.82) is 0 Å². The molecule has 0 atom stereocenters. The number of nitrogens with zero attached hydrogens (tertiary/aromatic N) is 1. The van der Waals surface area contributed by atoms with E-state index in [9.17, 15) is 9.59 Å². The Morgan fingerprint density at radius 3 is 2.10 bits per heavy atom. The Kier molecular flexibility index (Phi) is 14.0. The Hall–Kier alpha value is -3.47. The molecule has 1 amide bonds. The van der Waals surface area contributed by atoms with Gasteiger partial charge in [0, 0.05) is 12.0 Å². The maximum atomic E-state index is 12.8. The van der Waals surface area contributed by atoms with Gasteiger partial charge in [-0.3, -0.25) is 4.79 Å². The van der Waals surface area contributed by atoms with Gasteiger partial charge in [-0.1, -0.05) is 132 Å². The van der Waals surface area contributed by atoms with Crippen LogP contribution in [0.25, 0.3) is 10.8 Å². The van der Waals surface area contributed by atoms with E-state index in [0.717, 1.165) is 29.2 Å². The molecule has 0 radical (unpaired) electrons. The lowest BCUT2D eigenvalue weighted by Gasteiger charge is -2.11. The number of hydrogen-bond donors (Lipinski definition) is 1. The summed E-state index contributed by atoms with van der Waals surface area (Å²) in [6, 6.07) is 18.8. The summed E-state index contributed by atoms with van der Waals surface area (Å²) in [5, 5.41) is 6.10. The molecule has 40 heavy (non-hydrogen) atoms. The first-order valence-corrected chi connectivity index (χ1v) is 15.2. The van der Waals surface area contributed by atoms with E-state index in [1.807, 2.05) is 49.4 Å². The molecule has 0 bridgehead atoms. The van der Waals surface area contributed by atoms with Gasteiger partial charge in [-0.25, -0.2) is 10.2 Å². The maximum absolute atomic E-state index is 12.8. The number of benzene rings is 3. The van der Waals surface area contributed by atoms with Crippen LogP contribution >= 0.6 is 0 Å². The molecule has 0 saturated heterocycles. The van der Waals surface area contributed by atoms with Gasteiger partial charge in [0.15, 0.2) is 0 Å². The van der Waals surface area contributed by atoms with Crippen molar-refractivity contribution in [3.63, 3.8) is 0 Å². The van der Waals surface area contributed by atoms with E-state index in [4.69, 9.17) is 4.74 Å². The van der Waals surface area contributed by atoms with Crippen molar-refractivity contribution in [2.75, 3.05) is 0 Å². The van der Waals surface area contributed by atoms with Crippen LogP contribution in [0.4, 0.5) is 0 Å². The largest absolute Gasteiger partial charge is 0.422 e. The highest BCUT2D eigenvalue weighted by atomic mass is 16.5. The third-order valence-corrected chi connectivity index (χ3v) is 7.28. The molecule has 0 heterocycles. The van der Waals surface area contributed by atoms with Crippen LogP contribution in [0.2, 0.25) is 0 Å². The van der Waals surface area contributed by atoms with Gasteiger partial charge in [0.1, 0.15) is 5.75 Å². The third-order valence-electron chi connectivity index (χ3n) is 7.28. The van der Waals surface area contributed by atoms with Crippen molar-refractivity contribution in [3.05, 3.63) is 77.4 Å². The van der Waals surface area contributed by atoms with Gasteiger partial charge in [0.05, 0.1) is 11.8 Å². The number of aryl methyl sites for hydroxylation is 1. The van der Waals surface area contributed by atoms with Crippen LogP contribution in [0, 0.1) is 6.92 Å². The quantitative estimate of drug-likeness (QED) is 0.0572. The number of esters is 1. The summed E-state index contributed by atoms with van der Waals surface area (Å²) in [6.07, 6.45) is 18.6. The highest BCUT2D eigenvalue weighted by Gasteiger charge is 2.14. The molecule has 3 rings (SSSR count). The van der Waals surface area contributed by atoms with Crippen LogP contribution in [0.1, 0.15) is 118 Å². The van der Waals surface area contributed by atoms with Gasteiger partial charge >= 0.3 is 5.97 Å². The number of unbranched alkanes of at least 4 members (excludes halogenated alkanes) is 12. The second kappa shape index (κ2) is 18.0. The van der Waals surface area contributed by atoms with Crippen molar-refractivity contribution in [3.8, 4) is 5.75 Å². The Morgan fingerprint density at radius 2 is 1.43 bits per heavy atom. The van der Waals surface area contributed by atoms with Crippen LogP contribution < -0.4 is 10.2 Å². The van der Waals surface area contributed by atoms with Crippen LogP contribution in [0.5, 0.6) is 5.75 Å². The summed E-state index contributed by atoms with van der Waals surface area (Å²) in [4.78, 5) is 25.2. The Balaban J connectivity index is 1.41. The fraction of sp³-hybridized carbons (Fsp3) is 0.457. The normalized spacial score (nSPS) is 11.2. The van der Waals surface area contributed by atoms with Crippen LogP contribution in [-0.2, 0) is 4.79 Å². The minimum atomic E-state index is -0.430. The molecule has 0 spiro atoms. The van der Waals surface area contributed by atoms with E-state index < -0.39 is 5.97 Å². The number of hydrazone groups is 1. The van der Waals surface area contributed by atoms with Gasteiger partial charge in [-0.05, 0) is 42.3 Å². The predicted molar refractivity (Wildman–Crippen MR) is 166 cm³/mol. The maximum Gasteiger partial charge on any atom is 0.343 e. The fourth-order valence-electron chi connectivity index (χ4n) is 4.96. The SMILES string of the molecule is CCCCCCCCCCCCCCCC(=O)N/N=C\c1c(OC(=O)c2cccc(C)c2)ccc2ccccc12. The number of carbonyl (C=O) groups excluding carboxylic acids is 2. The number of hydrogen-bond acceptors (Lipinski definition) is 4. The summed E-state index contributed by atoms with van der Waals surface area (Å²) in [7, 11) is 0. The molecule has 0 aliphatic rings. The van der Waals surface area contributed by atoms with Crippen LogP contribution in [0.15, 0.2) is 65.8 Å². The monoisotopic (exact) mass is 542 g/mol. The molecule has 5 heteroatoms. The smallest absolute Gasteiger partial charge is 0.343 e. The van der Waals surface area contributed by atoms with E-state index in [2.05, 4.69) is 17.5 Å². The van der Waals surface area contributed by atoms with E-state index in [-0.39, 0.29) is 5.91 Å². The molecule has 0 fully saturated rings. The number of rotatable bonds is 18. The Morgan fingerprint density at radius 1 is 0.775 bits per heavy atom. The Labute approximate surface area is 240 Å². The summed E-state index contributed by atoms with van der Waals surface area (Å²) < 4.78 is 5.76. The number of ether oxygens (including phenoxy) is 1. The lowest BCUT2D eigenvalue weighted by atomic mass is 10.0. The Bertz CT molecular complexity index is 1230. The van der Waals surface area contributed by atoms with Crippen molar-refractivity contribution in [2.45, 2.75) is 104 Å². The van der Waals surface area contributed by atoms with Gasteiger partial charge in [-0.2, -0.15) is 5.10 Å². The summed E-state index contributed by atoms with van der Waals surface area (Å²) in [5.41, 5.74) is 4.78. The van der Waals surface area contributed by atoms with Gasteiger partial charge in [-0.15, -0.1) is 0 Å². The lowest BCUT2D eigenvalue weighted by molar-refractivity contribution is -0.121. The zero-order chi connectivity index (χ0) is 28.4. The molecule has 0 aliphatic heterocycles. The molecule has 5 nitrogen and oxygen atoms in total. The molecule has 1 N–H and O–H groups in total. The number of nitrogens with one attached hydrogen (secondary N) is 1. The van der Waals surface area contributed by atoms with Crippen LogP contribution in [0.3, 0.4) is 0 Å². The van der Waals surface area contributed by atoms with E-state index >= 15 is 0 Å². The second-order valence-electron chi connectivity index (χ2n) is 10.7. The van der Waals surface area contributed by atoms with E-state index in [0.29, 0.717) is 23.3 Å². The first kappa shape index (κ1) is 31.1. The standard InChI is InChI=1S/C35H46N2O3/c1-3-4-5-6-7-8-9-10-11-12-13-14-15-23-34(38)37-36-27-32-31-22-17-16-20-29(31)24-25-33(32)40-35(39)30-21-18-19-28(2)26-30/h16-22,24-27H,3-15,23H2,1-2H3,(H,37,38)/b36-27-. The summed E-state index contributed by atoms with van der Waals surface area (Å²) in [6.45, 7) is 4.20. The molecule has 0 saturated carbocycles. The van der Waals surface area contributed by atoms with Gasteiger partial charge < -0.3 is 4.74 Å². The number of amides is 1.